The number of esters is 1. The summed E-state index contributed by atoms with van der Waals surface area (Å²) in [6.07, 6.45) is 2.14. The van der Waals surface area contributed by atoms with Gasteiger partial charge in [-0.3, -0.25) is 4.79 Å². The topological polar surface area (TPSA) is 68.3 Å². The average Bonchev–Trinajstić information content (AvgIpc) is 3.42. The second kappa shape index (κ2) is 6.88. The van der Waals surface area contributed by atoms with E-state index in [1.54, 1.807) is 13.0 Å². The Balaban J connectivity index is 1.63. The summed E-state index contributed by atoms with van der Waals surface area (Å²) in [5.41, 5.74) is 2.55. The lowest BCUT2D eigenvalue weighted by molar-refractivity contribution is 0.0527. The van der Waals surface area contributed by atoms with E-state index in [1.165, 1.54) is 11.3 Å². The van der Waals surface area contributed by atoms with E-state index < -0.39 is 0 Å². The van der Waals surface area contributed by atoms with Gasteiger partial charge in [0.1, 0.15) is 10.7 Å². The number of carbonyl (C=O) groups excluding carboxylic acids is 2. The van der Waals surface area contributed by atoms with Crippen LogP contribution in [0.15, 0.2) is 41.8 Å². The zero-order valence-electron chi connectivity index (χ0n) is 14.3. The van der Waals surface area contributed by atoms with Crippen molar-refractivity contribution < 1.29 is 14.3 Å². The molecule has 0 unspecified atom stereocenters. The molecule has 1 saturated carbocycles. The van der Waals surface area contributed by atoms with Crippen molar-refractivity contribution in [2.45, 2.75) is 25.7 Å². The van der Waals surface area contributed by atoms with E-state index in [0.29, 0.717) is 28.8 Å². The van der Waals surface area contributed by atoms with Gasteiger partial charge in [-0.1, -0.05) is 24.3 Å². The Morgan fingerprint density at radius 2 is 2.04 bits per heavy atom. The molecular formula is C20H18N2O3S. The zero-order chi connectivity index (χ0) is 18.1. The fraction of sp³-hybridized carbons (Fsp3) is 0.250. The lowest BCUT2D eigenvalue weighted by atomic mass is 10.1. The normalized spacial score (nSPS) is 13.6. The van der Waals surface area contributed by atoms with Crippen molar-refractivity contribution in [2.24, 2.45) is 0 Å². The number of carbonyl (C=O) groups is 2. The molecule has 1 aliphatic carbocycles. The van der Waals surface area contributed by atoms with Gasteiger partial charge in [0, 0.05) is 5.39 Å². The van der Waals surface area contributed by atoms with Crippen LogP contribution in [0.2, 0.25) is 0 Å². The summed E-state index contributed by atoms with van der Waals surface area (Å²) in [7, 11) is 0. The molecule has 1 amide bonds. The number of pyridine rings is 1. The number of nitrogens with zero attached hydrogens (tertiary/aromatic N) is 1. The van der Waals surface area contributed by atoms with E-state index in [-0.39, 0.29) is 11.9 Å². The highest BCUT2D eigenvalue weighted by Gasteiger charge is 2.32. The molecule has 132 valence electrons. The molecule has 1 aliphatic rings. The molecule has 2 aromatic heterocycles. The number of nitrogens with one attached hydrogen (secondary N) is 1. The first kappa shape index (κ1) is 16.7. The Labute approximate surface area is 155 Å². The van der Waals surface area contributed by atoms with Crippen LogP contribution in [0.5, 0.6) is 0 Å². The van der Waals surface area contributed by atoms with Crippen molar-refractivity contribution in [1.82, 2.24) is 4.98 Å². The van der Waals surface area contributed by atoms with Crippen LogP contribution in [0.3, 0.4) is 0 Å². The number of fused-ring (bicyclic) bond motifs is 1. The highest BCUT2D eigenvalue weighted by Crippen LogP contribution is 2.46. The number of amides is 1. The standard InChI is InChI=1S/C20H18N2O3S/c1-2-25-20(24)17-14(12-7-8-12)11-26-19(17)22-18(23)16-10-9-13-5-3-4-6-15(13)21-16/h3-6,9-12H,2,7-8H2,1H3,(H,22,23). The van der Waals surface area contributed by atoms with Gasteiger partial charge in [0.05, 0.1) is 17.7 Å². The van der Waals surface area contributed by atoms with Crippen LogP contribution in [0.25, 0.3) is 10.9 Å². The summed E-state index contributed by atoms with van der Waals surface area (Å²) >= 11 is 1.36. The van der Waals surface area contributed by atoms with Crippen LogP contribution in [-0.2, 0) is 4.74 Å². The van der Waals surface area contributed by atoms with Gasteiger partial charge >= 0.3 is 5.97 Å². The fourth-order valence-electron chi connectivity index (χ4n) is 2.93. The summed E-state index contributed by atoms with van der Waals surface area (Å²) in [5.74, 6) is -0.307. The minimum absolute atomic E-state index is 0.304. The molecule has 5 nitrogen and oxygen atoms in total. The second-order valence-electron chi connectivity index (χ2n) is 6.23. The van der Waals surface area contributed by atoms with E-state index in [9.17, 15) is 9.59 Å². The molecule has 0 atom stereocenters. The molecule has 4 rings (SSSR count). The lowest BCUT2D eigenvalue weighted by Gasteiger charge is -2.08. The number of rotatable bonds is 5. The summed E-state index contributed by atoms with van der Waals surface area (Å²) in [5, 5.41) is 6.31. The first-order chi connectivity index (χ1) is 12.7. The molecule has 0 bridgehead atoms. The van der Waals surface area contributed by atoms with Crippen molar-refractivity contribution in [1.29, 1.82) is 0 Å². The van der Waals surface area contributed by atoms with Crippen LogP contribution in [0.1, 0.15) is 52.1 Å². The van der Waals surface area contributed by atoms with Gasteiger partial charge in [0.2, 0.25) is 0 Å². The maximum Gasteiger partial charge on any atom is 0.341 e. The van der Waals surface area contributed by atoms with E-state index in [4.69, 9.17) is 4.74 Å². The Hall–Kier alpha value is -2.73. The highest BCUT2D eigenvalue weighted by molar-refractivity contribution is 7.15. The van der Waals surface area contributed by atoms with E-state index >= 15 is 0 Å². The first-order valence-corrected chi connectivity index (χ1v) is 9.51. The Kier molecular flexibility index (Phi) is 4.42. The van der Waals surface area contributed by atoms with Crippen LogP contribution in [-0.4, -0.2) is 23.5 Å². The van der Waals surface area contributed by atoms with Crippen molar-refractivity contribution in [3.05, 3.63) is 58.6 Å². The van der Waals surface area contributed by atoms with Gasteiger partial charge < -0.3 is 10.1 Å². The van der Waals surface area contributed by atoms with Crippen molar-refractivity contribution in [2.75, 3.05) is 11.9 Å². The predicted octanol–water partition coefficient (Wildman–Crippen LogP) is 4.60. The molecular weight excluding hydrogens is 348 g/mol. The second-order valence-corrected chi connectivity index (χ2v) is 7.11. The number of para-hydroxylation sites is 1. The van der Waals surface area contributed by atoms with Gasteiger partial charge in [-0.2, -0.15) is 0 Å². The molecule has 6 heteroatoms. The van der Waals surface area contributed by atoms with Crippen LogP contribution in [0, 0.1) is 0 Å². The maximum atomic E-state index is 12.7. The predicted molar refractivity (Wildman–Crippen MR) is 102 cm³/mol. The Bertz CT molecular complexity index is 992. The maximum absolute atomic E-state index is 12.7. The van der Waals surface area contributed by atoms with E-state index in [1.807, 2.05) is 35.7 Å². The average molecular weight is 366 g/mol. The molecule has 0 aliphatic heterocycles. The van der Waals surface area contributed by atoms with Crippen LogP contribution < -0.4 is 5.32 Å². The Morgan fingerprint density at radius 1 is 1.23 bits per heavy atom. The smallest absolute Gasteiger partial charge is 0.341 e. The third-order valence-electron chi connectivity index (χ3n) is 4.37. The van der Waals surface area contributed by atoms with Gasteiger partial charge in [-0.15, -0.1) is 11.3 Å². The van der Waals surface area contributed by atoms with Crippen molar-refractivity contribution in [3.63, 3.8) is 0 Å². The molecule has 1 fully saturated rings. The summed E-state index contributed by atoms with van der Waals surface area (Å²) in [6, 6.07) is 11.2. The van der Waals surface area contributed by atoms with Crippen molar-refractivity contribution in [3.8, 4) is 0 Å². The molecule has 0 spiro atoms. The number of thiophene rings is 1. The molecule has 1 N–H and O–H groups in total. The lowest BCUT2D eigenvalue weighted by Crippen LogP contribution is -2.16. The highest BCUT2D eigenvalue weighted by atomic mass is 32.1. The monoisotopic (exact) mass is 366 g/mol. The van der Waals surface area contributed by atoms with Gasteiger partial charge in [0.15, 0.2) is 0 Å². The number of hydrogen-bond acceptors (Lipinski definition) is 5. The zero-order valence-corrected chi connectivity index (χ0v) is 15.1. The largest absolute Gasteiger partial charge is 0.462 e. The number of ether oxygens (including phenoxy) is 1. The van der Waals surface area contributed by atoms with E-state index in [2.05, 4.69) is 10.3 Å². The molecule has 1 aromatic carbocycles. The van der Waals surface area contributed by atoms with Crippen molar-refractivity contribution >= 4 is 39.1 Å². The third kappa shape index (κ3) is 3.20. The summed E-state index contributed by atoms with van der Waals surface area (Å²) in [4.78, 5) is 29.5. The van der Waals surface area contributed by atoms with Gasteiger partial charge in [0.25, 0.3) is 5.91 Å². The quantitative estimate of drug-likeness (QED) is 0.670. The SMILES string of the molecule is CCOC(=O)c1c(C2CC2)csc1NC(=O)c1ccc2ccccc2n1. The molecule has 2 heterocycles. The summed E-state index contributed by atoms with van der Waals surface area (Å²) in [6.45, 7) is 2.08. The minimum atomic E-state index is -0.377. The number of hydrogen-bond donors (Lipinski definition) is 1. The van der Waals surface area contributed by atoms with Gasteiger partial charge in [-0.05, 0) is 48.8 Å². The molecule has 3 aromatic rings. The Morgan fingerprint density at radius 3 is 2.81 bits per heavy atom. The first-order valence-electron chi connectivity index (χ1n) is 8.63. The van der Waals surface area contributed by atoms with Crippen LogP contribution >= 0.6 is 11.3 Å². The third-order valence-corrected chi connectivity index (χ3v) is 5.29. The van der Waals surface area contributed by atoms with Gasteiger partial charge in [-0.25, -0.2) is 9.78 Å². The number of anilines is 1. The molecule has 0 radical (unpaired) electrons. The summed E-state index contributed by atoms with van der Waals surface area (Å²) < 4.78 is 5.19. The molecule has 0 saturated heterocycles. The molecule has 26 heavy (non-hydrogen) atoms. The number of benzene rings is 1. The van der Waals surface area contributed by atoms with Crippen LogP contribution in [0.4, 0.5) is 5.00 Å². The number of aromatic nitrogens is 1. The minimum Gasteiger partial charge on any atom is -0.462 e. The fourth-order valence-corrected chi connectivity index (χ4v) is 3.96. The van der Waals surface area contributed by atoms with E-state index in [0.717, 1.165) is 29.3 Å².